The van der Waals surface area contributed by atoms with Crippen molar-refractivity contribution in [2.45, 2.75) is 44.8 Å². The molecule has 0 aromatic heterocycles. The van der Waals surface area contributed by atoms with E-state index in [-0.39, 0.29) is 18.1 Å². The lowest BCUT2D eigenvalue weighted by Gasteiger charge is -2.33. The number of allylic oxidation sites excluding steroid dienone is 1. The Bertz CT molecular complexity index is 598. The maximum absolute atomic E-state index is 12.2. The fourth-order valence-corrected chi connectivity index (χ4v) is 3.61. The first-order chi connectivity index (χ1) is 11.2. The van der Waals surface area contributed by atoms with Gasteiger partial charge in [0.25, 0.3) is 5.91 Å². The largest absolute Gasteiger partial charge is 0.363 e. The zero-order valence-corrected chi connectivity index (χ0v) is 13.6. The highest BCUT2D eigenvalue weighted by molar-refractivity contribution is 5.96. The van der Waals surface area contributed by atoms with E-state index in [9.17, 15) is 4.79 Å². The van der Waals surface area contributed by atoms with E-state index in [1.165, 1.54) is 17.8 Å². The molecule has 122 valence electrons. The fourth-order valence-electron chi connectivity index (χ4n) is 3.61. The second-order valence-corrected chi connectivity index (χ2v) is 6.36. The van der Waals surface area contributed by atoms with E-state index in [1.54, 1.807) is 12.2 Å². The van der Waals surface area contributed by atoms with Crippen molar-refractivity contribution in [2.24, 2.45) is 5.92 Å². The van der Waals surface area contributed by atoms with Gasteiger partial charge in [-0.25, -0.2) is 0 Å². The molecule has 4 heteroatoms. The summed E-state index contributed by atoms with van der Waals surface area (Å²) < 4.78 is 0. The predicted molar refractivity (Wildman–Crippen MR) is 95.3 cm³/mol. The molecular weight excluding hydrogens is 286 g/mol. The monoisotopic (exact) mass is 311 g/mol. The summed E-state index contributed by atoms with van der Waals surface area (Å²) in [5.74, 6) is 0.503. The predicted octanol–water partition coefficient (Wildman–Crippen LogP) is 3.66. The van der Waals surface area contributed by atoms with Crippen molar-refractivity contribution in [3.8, 4) is 0 Å². The van der Waals surface area contributed by atoms with Gasteiger partial charge in [0, 0.05) is 11.6 Å². The summed E-state index contributed by atoms with van der Waals surface area (Å²) in [6, 6.07) is 8.55. The molecule has 1 aromatic carbocycles. The van der Waals surface area contributed by atoms with E-state index >= 15 is 0 Å². The standard InChI is InChI=1S/C19H25N3O/c1-3-13(4-2)19(23)20-15-9-7-8-14(12-15)18-21-16-10-5-6-11-17(16)22-18/h3-6,10-11,14-15,18,21-22H,1,7-9,12H2,2H3,(H,20,23)/b13-4+. The van der Waals surface area contributed by atoms with Gasteiger partial charge in [0.05, 0.1) is 17.5 Å². The van der Waals surface area contributed by atoms with Crippen LogP contribution in [0.15, 0.2) is 48.6 Å². The highest BCUT2D eigenvalue weighted by atomic mass is 16.1. The van der Waals surface area contributed by atoms with Crippen molar-refractivity contribution >= 4 is 17.3 Å². The first-order valence-electron chi connectivity index (χ1n) is 8.43. The van der Waals surface area contributed by atoms with Crippen molar-refractivity contribution in [1.82, 2.24) is 5.32 Å². The number of para-hydroxylation sites is 2. The highest BCUT2D eigenvalue weighted by Crippen LogP contribution is 2.35. The van der Waals surface area contributed by atoms with Gasteiger partial charge in [-0.05, 0) is 44.2 Å². The number of rotatable bonds is 4. The molecule has 0 saturated heterocycles. The highest BCUT2D eigenvalue weighted by Gasteiger charge is 2.32. The molecule has 0 spiro atoms. The molecule has 2 aliphatic rings. The molecule has 2 atom stereocenters. The number of amides is 1. The molecule has 1 saturated carbocycles. The van der Waals surface area contributed by atoms with Crippen molar-refractivity contribution in [3.63, 3.8) is 0 Å². The molecule has 2 unspecified atom stereocenters. The van der Waals surface area contributed by atoms with Gasteiger partial charge in [0.1, 0.15) is 0 Å². The molecule has 1 heterocycles. The van der Waals surface area contributed by atoms with Crippen LogP contribution in [0.25, 0.3) is 0 Å². The minimum Gasteiger partial charge on any atom is -0.363 e. The van der Waals surface area contributed by atoms with Gasteiger partial charge < -0.3 is 16.0 Å². The summed E-state index contributed by atoms with van der Waals surface area (Å²) >= 11 is 0. The van der Waals surface area contributed by atoms with Crippen molar-refractivity contribution in [3.05, 3.63) is 48.6 Å². The van der Waals surface area contributed by atoms with E-state index < -0.39 is 0 Å². The Morgan fingerprint density at radius 2 is 1.96 bits per heavy atom. The fraction of sp³-hybridized carbons (Fsp3) is 0.421. The number of anilines is 2. The third-order valence-electron chi connectivity index (χ3n) is 4.86. The van der Waals surface area contributed by atoms with Crippen LogP contribution in [0, 0.1) is 5.92 Å². The van der Waals surface area contributed by atoms with Gasteiger partial charge in [-0.2, -0.15) is 0 Å². The Morgan fingerprint density at radius 3 is 2.57 bits per heavy atom. The summed E-state index contributed by atoms with van der Waals surface area (Å²) in [5.41, 5.74) is 3.00. The van der Waals surface area contributed by atoms with Crippen LogP contribution in [0.3, 0.4) is 0 Å². The van der Waals surface area contributed by atoms with Gasteiger partial charge in [-0.3, -0.25) is 4.79 Å². The molecular formula is C19H25N3O. The van der Waals surface area contributed by atoms with E-state index in [0.717, 1.165) is 19.3 Å². The molecule has 1 aliphatic heterocycles. The number of carbonyl (C=O) groups is 1. The zero-order chi connectivity index (χ0) is 16.2. The summed E-state index contributed by atoms with van der Waals surface area (Å²) in [6.07, 6.45) is 8.06. The molecule has 1 amide bonds. The first-order valence-corrected chi connectivity index (χ1v) is 8.43. The van der Waals surface area contributed by atoms with Crippen molar-refractivity contribution < 1.29 is 4.79 Å². The lowest BCUT2D eigenvalue weighted by Crippen LogP contribution is -2.43. The summed E-state index contributed by atoms with van der Waals surface area (Å²) in [6.45, 7) is 5.56. The Labute approximate surface area is 138 Å². The van der Waals surface area contributed by atoms with E-state index in [2.05, 4.69) is 34.7 Å². The lowest BCUT2D eigenvalue weighted by molar-refractivity contribution is -0.118. The molecule has 0 bridgehead atoms. The molecule has 3 N–H and O–H groups in total. The summed E-state index contributed by atoms with van der Waals surface area (Å²) in [4.78, 5) is 12.2. The Balaban J connectivity index is 1.59. The smallest absolute Gasteiger partial charge is 0.251 e. The Kier molecular flexibility index (Phi) is 4.70. The molecule has 23 heavy (non-hydrogen) atoms. The van der Waals surface area contributed by atoms with Crippen LogP contribution in [-0.4, -0.2) is 18.1 Å². The normalized spacial score (nSPS) is 24.3. The quantitative estimate of drug-likeness (QED) is 0.587. The number of carbonyl (C=O) groups excluding carboxylic acids is 1. The van der Waals surface area contributed by atoms with Crippen LogP contribution < -0.4 is 16.0 Å². The van der Waals surface area contributed by atoms with Gasteiger partial charge >= 0.3 is 0 Å². The Hall–Kier alpha value is -2.23. The van der Waals surface area contributed by atoms with Gasteiger partial charge in [0.15, 0.2) is 0 Å². The maximum atomic E-state index is 12.2. The minimum absolute atomic E-state index is 0.0104. The van der Waals surface area contributed by atoms with Crippen LogP contribution in [-0.2, 0) is 4.79 Å². The minimum atomic E-state index is -0.0104. The summed E-state index contributed by atoms with van der Waals surface area (Å²) in [7, 11) is 0. The van der Waals surface area contributed by atoms with Crippen molar-refractivity contribution in [2.75, 3.05) is 10.6 Å². The van der Waals surface area contributed by atoms with Crippen LogP contribution in [0.4, 0.5) is 11.4 Å². The van der Waals surface area contributed by atoms with Gasteiger partial charge in [-0.1, -0.05) is 37.3 Å². The van der Waals surface area contributed by atoms with E-state index in [0.29, 0.717) is 11.5 Å². The van der Waals surface area contributed by atoms with E-state index in [4.69, 9.17) is 0 Å². The second kappa shape index (κ2) is 6.90. The molecule has 1 fully saturated rings. The SMILES string of the molecule is C=C/C(=C\C)C(=O)NC1CCCC(C2Nc3ccccc3N2)C1. The number of nitrogens with one attached hydrogen (secondary N) is 3. The molecule has 1 aromatic rings. The Morgan fingerprint density at radius 1 is 1.26 bits per heavy atom. The second-order valence-electron chi connectivity index (χ2n) is 6.36. The molecule has 0 radical (unpaired) electrons. The summed E-state index contributed by atoms with van der Waals surface area (Å²) in [5, 5.41) is 10.3. The number of benzene rings is 1. The van der Waals surface area contributed by atoms with Crippen molar-refractivity contribution in [1.29, 1.82) is 0 Å². The number of hydrogen-bond donors (Lipinski definition) is 3. The van der Waals surface area contributed by atoms with Crippen LogP contribution >= 0.6 is 0 Å². The van der Waals surface area contributed by atoms with Crippen LogP contribution in [0.1, 0.15) is 32.6 Å². The zero-order valence-electron chi connectivity index (χ0n) is 13.6. The molecule has 4 nitrogen and oxygen atoms in total. The van der Waals surface area contributed by atoms with Gasteiger partial charge in [-0.15, -0.1) is 0 Å². The average Bonchev–Trinajstić information content (AvgIpc) is 3.00. The number of hydrogen-bond acceptors (Lipinski definition) is 3. The lowest BCUT2D eigenvalue weighted by atomic mass is 9.83. The average molecular weight is 311 g/mol. The van der Waals surface area contributed by atoms with Crippen LogP contribution in [0.5, 0.6) is 0 Å². The van der Waals surface area contributed by atoms with Gasteiger partial charge in [0.2, 0.25) is 0 Å². The van der Waals surface area contributed by atoms with E-state index in [1.807, 2.05) is 19.1 Å². The molecule has 1 aliphatic carbocycles. The topological polar surface area (TPSA) is 53.2 Å². The number of fused-ring (bicyclic) bond motifs is 1. The third kappa shape index (κ3) is 3.41. The molecule has 3 rings (SSSR count). The first kappa shape index (κ1) is 15.7. The van der Waals surface area contributed by atoms with Crippen LogP contribution in [0.2, 0.25) is 0 Å². The third-order valence-corrected chi connectivity index (χ3v) is 4.86. The maximum Gasteiger partial charge on any atom is 0.251 e.